The number of nitrogens with zero attached hydrogens (tertiary/aromatic N) is 1. The van der Waals surface area contributed by atoms with E-state index >= 15 is 0 Å². The van der Waals surface area contributed by atoms with Crippen LogP contribution in [-0.4, -0.2) is 11.0 Å². The number of aromatic nitrogens is 1. The van der Waals surface area contributed by atoms with Crippen LogP contribution in [0.4, 0.5) is 4.39 Å². The lowest BCUT2D eigenvalue weighted by molar-refractivity contribution is 0.318. The molecule has 0 aliphatic heterocycles. The van der Waals surface area contributed by atoms with E-state index in [0.717, 1.165) is 21.6 Å². The molecule has 92 valence electrons. The van der Waals surface area contributed by atoms with E-state index in [0.29, 0.717) is 0 Å². The Labute approximate surface area is 105 Å². The van der Waals surface area contributed by atoms with Crippen LogP contribution in [0.3, 0.4) is 0 Å². The van der Waals surface area contributed by atoms with Crippen molar-refractivity contribution in [2.45, 2.75) is 33.2 Å². The van der Waals surface area contributed by atoms with Gasteiger partial charge in [0.1, 0.15) is 5.82 Å². The van der Waals surface area contributed by atoms with Gasteiger partial charge in [0.15, 0.2) is 0 Å². The maximum atomic E-state index is 13.1. The fourth-order valence-corrected chi connectivity index (χ4v) is 2.58. The summed E-state index contributed by atoms with van der Waals surface area (Å²) >= 11 is 1.52. The molecule has 4 heteroatoms. The van der Waals surface area contributed by atoms with Crippen LogP contribution < -0.4 is 5.73 Å². The van der Waals surface area contributed by atoms with Gasteiger partial charge in [0.2, 0.25) is 0 Å². The molecule has 0 radical (unpaired) electrons. The highest BCUT2D eigenvalue weighted by Crippen LogP contribution is 2.26. The molecule has 2 aromatic rings. The monoisotopic (exact) mass is 252 g/mol. The van der Waals surface area contributed by atoms with Crippen LogP contribution in [0.25, 0.3) is 10.2 Å². The summed E-state index contributed by atoms with van der Waals surface area (Å²) in [6, 6.07) is 4.75. The quantitative estimate of drug-likeness (QED) is 0.890. The largest absolute Gasteiger partial charge is 0.327 e. The van der Waals surface area contributed by atoms with Crippen LogP contribution in [0.1, 0.15) is 25.8 Å². The van der Waals surface area contributed by atoms with Crippen LogP contribution in [0.15, 0.2) is 18.2 Å². The molecule has 0 saturated heterocycles. The average Bonchev–Trinajstić information content (AvgIpc) is 2.57. The molecule has 1 heterocycles. The Morgan fingerprint density at radius 1 is 1.41 bits per heavy atom. The molecule has 1 atom stereocenters. The van der Waals surface area contributed by atoms with Crippen molar-refractivity contribution in [3.63, 3.8) is 0 Å². The molecule has 0 saturated carbocycles. The van der Waals surface area contributed by atoms with Gasteiger partial charge in [0.25, 0.3) is 0 Å². The smallest absolute Gasteiger partial charge is 0.124 e. The Morgan fingerprint density at radius 2 is 2.12 bits per heavy atom. The third-order valence-corrected chi connectivity index (χ3v) is 3.94. The molecular weight excluding hydrogens is 235 g/mol. The number of rotatable bonds is 2. The molecule has 1 aromatic carbocycles. The first-order chi connectivity index (χ1) is 7.86. The lowest BCUT2D eigenvalue weighted by atomic mass is 9.86. The third kappa shape index (κ3) is 2.82. The molecule has 2 N–H and O–H groups in total. The highest BCUT2D eigenvalue weighted by Gasteiger charge is 2.22. The van der Waals surface area contributed by atoms with Gasteiger partial charge in [0.05, 0.1) is 15.2 Å². The Hall–Kier alpha value is -1.000. The van der Waals surface area contributed by atoms with Gasteiger partial charge in [-0.05, 0) is 23.6 Å². The first kappa shape index (κ1) is 12.5. The maximum Gasteiger partial charge on any atom is 0.124 e. The van der Waals surface area contributed by atoms with Crippen LogP contribution in [0, 0.1) is 11.2 Å². The van der Waals surface area contributed by atoms with Gasteiger partial charge in [-0.25, -0.2) is 9.37 Å². The molecule has 1 aromatic heterocycles. The average molecular weight is 252 g/mol. The predicted octanol–water partition coefficient (Wildman–Crippen LogP) is 3.35. The van der Waals surface area contributed by atoms with Crippen molar-refractivity contribution < 1.29 is 4.39 Å². The van der Waals surface area contributed by atoms with Gasteiger partial charge < -0.3 is 5.73 Å². The second-order valence-corrected chi connectivity index (χ2v) is 6.51. The van der Waals surface area contributed by atoms with Crippen molar-refractivity contribution in [2.24, 2.45) is 11.1 Å². The summed E-state index contributed by atoms with van der Waals surface area (Å²) in [7, 11) is 0. The van der Waals surface area contributed by atoms with E-state index < -0.39 is 0 Å². The van der Waals surface area contributed by atoms with Crippen LogP contribution >= 0.6 is 11.3 Å². The van der Waals surface area contributed by atoms with E-state index in [1.165, 1.54) is 23.5 Å². The lowest BCUT2D eigenvalue weighted by Gasteiger charge is -2.26. The van der Waals surface area contributed by atoms with E-state index in [1.807, 2.05) is 0 Å². The zero-order chi connectivity index (χ0) is 12.6. The van der Waals surface area contributed by atoms with E-state index in [2.05, 4.69) is 25.8 Å². The summed E-state index contributed by atoms with van der Waals surface area (Å²) in [5.41, 5.74) is 7.04. The fraction of sp³-hybridized carbons (Fsp3) is 0.462. The van der Waals surface area contributed by atoms with Gasteiger partial charge in [-0.2, -0.15) is 0 Å². The number of hydrogen-bond acceptors (Lipinski definition) is 3. The van der Waals surface area contributed by atoms with Gasteiger partial charge in [-0.3, -0.25) is 0 Å². The van der Waals surface area contributed by atoms with Crippen LogP contribution in [-0.2, 0) is 6.42 Å². The molecular formula is C13H17FN2S. The first-order valence-corrected chi connectivity index (χ1v) is 6.48. The topological polar surface area (TPSA) is 38.9 Å². The number of fused-ring (bicyclic) bond motifs is 1. The zero-order valence-electron chi connectivity index (χ0n) is 10.3. The van der Waals surface area contributed by atoms with E-state index in [1.54, 1.807) is 6.07 Å². The first-order valence-electron chi connectivity index (χ1n) is 5.67. The predicted molar refractivity (Wildman–Crippen MR) is 70.7 cm³/mol. The molecule has 17 heavy (non-hydrogen) atoms. The minimum absolute atomic E-state index is 0.0586. The van der Waals surface area contributed by atoms with Crippen molar-refractivity contribution in [1.82, 2.24) is 4.98 Å². The zero-order valence-corrected chi connectivity index (χ0v) is 11.1. The standard InChI is InChI=1S/C13H17FN2S/c1-13(2,3)11(15)7-12-16-9-5-4-8(14)6-10(9)17-12/h4-6,11H,7,15H2,1-3H3. The minimum atomic E-state index is -0.215. The van der Waals surface area contributed by atoms with Crippen molar-refractivity contribution in [3.05, 3.63) is 29.0 Å². The van der Waals surface area contributed by atoms with Crippen molar-refractivity contribution in [3.8, 4) is 0 Å². The van der Waals surface area contributed by atoms with Gasteiger partial charge in [-0.1, -0.05) is 20.8 Å². The summed E-state index contributed by atoms with van der Waals surface area (Å²) in [6.07, 6.45) is 0.741. The third-order valence-electron chi connectivity index (χ3n) is 2.90. The lowest BCUT2D eigenvalue weighted by Crippen LogP contribution is -2.36. The van der Waals surface area contributed by atoms with Crippen LogP contribution in [0.2, 0.25) is 0 Å². The molecule has 0 aliphatic rings. The van der Waals surface area contributed by atoms with Crippen molar-refractivity contribution in [2.75, 3.05) is 0 Å². The molecule has 1 unspecified atom stereocenters. The number of hydrogen-bond donors (Lipinski definition) is 1. The van der Waals surface area contributed by atoms with Crippen molar-refractivity contribution in [1.29, 1.82) is 0 Å². The SMILES string of the molecule is CC(C)(C)C(N)Cc1nc2ccc(F)cc2s1. The molecule has 0 spiro atoms. The Morgan fingerprint density at radius 3 is 2.76 bits per heavy atom. The van der Waals surface area contributed by atoms with E-state index in [9.17, 15) is 4.39 Å². The molecule has 0 amide bonds. The minimum Gasteiger partial charge on any atom is -0.327 e. The summed E-state index contributed by atoms with van der Waals surface area (Å²) in [5, 5.41) is 0.980. The molecule has 0 aliphatic carbocycles. The van der Waals surface area contributed by atoms with E-state index in [-0.39, 0.29) is 17.3 Å². The van der Waals surface area contributed by atoms with Gasteiger partial charge in [0, 0.05) is 12.5 Å². The summed E-state index contributed by atoms with van der Waals surface area (Å²) in [5.74, 6) is -0.215. The highest BCUT2D eigenvalue weighted by atomic mass is 32.1. The number of nitrogens with two attached hydrogens (primary N) is 1. The fourth-order valence-electron chi connectivity index (χ4n) is 1.53. The van der Waals surface area contributed by atoms with Crippen LogP contribution in [0.5, 0.6) is 0 Å². The maximum absolute atomic E-state index is 13.1. The van der Waals surface area contributed by atoms with E-state index in [4.69, 9.17) is 5.73 Å². The highest BCUT2D eigenvalue weighted by molar-refractivity contribution is 7.18. The summed E-state index contributed by atoms with van der Waals surface area (Å²) < 4.78 is 13.9. The summed E-state index contributed by atoms with van der Waals surface area (Å²) in [6.45, 7) is 6.35. The normalized spacial score (nSPS) is 14.2. The molecule has 2 rings (SSSR count). The molecule has 0 bridgehead atoms. The Kier molecular flexibility index (Phi) is 3.19. The van der Waals surface area contributed by atoms with Gasteiger partial charge in [-0.15, -0.1) is 11.3 Å². The second-order valence-electron chi connectivity index (χ2n) is 5.40. The number of benzene rings is 1. The Balaban J connectivity index is 2.25. The van der Waals surface area contributed by atoms with Crippen molar-refractivity contribution >= 4 is 21.6 Å². The molecule has 0 fully saturated rings. The Bertz CT molecular complexity index is 528. The number of halogens is 1. The number of thiazole rings is 1. The summed E-state index contributed by atoms with van der Waals surface area (Å²) in [4.78, 5) is 4.48. The van der Waals surface area contributed by atoms with Gasteiger partial charge >= 0.3 is 0 Å². The second kappa shape index (κ2) is 4.35. The molecule has 2 nitrogen and oxygen atoms in total.